The summed E-state index contributed by atoms with van der Waals surface area (Å²) in [6, 6.07) is 11.3. The van der Waals surface area contributed by atoms with E-state index in [1.54, 1.807) is 0 Å². The molecule has 0 fully saturated rings. The van der Waals surface area contributed by atoms with Gasteiger partial charge < -0.3 is 10.2 Å². The molecule has 0 saturated heterocycles. The Labute approximate surface area is 161 Å². The second kappa shape index (κ2) is 9.06. The summed E-state index contributed by atoms with van der Waals surface area (Å²) in [4.78, 5) is 13.3. The fourth-order valence-electron chi connectivity index (χ4n) is 2.56. The number of benzene rings is 2. The van der Waals surface area contributed by atoms with Crippen LogP contribution in [0.5, 0.6) is 0 Å². The first kappa shape index (κ1) is 21.0. The minimum absolute atomic E-state index is 0.249. The van der Waals surface area contributed by atoms with Crippen molar-refractivity contribution in [2.75, 3.05) is 14.1 Å². The van der Waals surface area contributed by atoms with E-state index in [2.05, 4.69) is 5.32 Å². The van der Waals surface area contributed by atoms with Crippen LogP contribution in [0.4, 0.5) is 13.2 Å². The maximum Gasteiger partial charge on any atom is 0.417 e. The Morgan fingerprint density at radius 1 is 1.15 bits per heavy atom. The molecule has 0 atom stereocenters. The van der Waals surface area contributed by atoms with E-state index in [9.17, 15) is 18.0 Å². The van der Waals surface area contributed by atoms with Crippen LogP contribution in [0.3, 0.4) is 0 Å². The number of alkyl halides is 3. The zero-order chi connectivity index (χ0) is 20.0. The SMILES string of the molecule is C[NH+](C)Cc1ccccc1CNC(=O)/C=C/c1ccc(Cl)c(C(F)(F)F)c1. The molecule has 0 aromatic heterocycles. The van der Waals surface area contributed by atoms with E-state index in [-0.39, 0.29) is 16.5 Å². The molecule has 7 heteroatoms. The van der Waals surface area contributed by atoms with Gasteiger partial charge in [0.25, 0.3) is 0 Å². The van der Waals surface area contributed by atoms with Crippen molar-refractivity contribution in [2.24, 2.45) is 0 Å². The Morgan fingerprint density at radius 3 is 2.44 bits per heavy atom. The Hall–Kier alpha value is -2.31. The predicted octanol–water partition coefficient (Wildman–Crippen LogP) is 3.33. The normalized spacial score (nSPS) is 12.0. The second-order valence-electron chi connectivity index (χ2n) is 6.44. The van der Waals surface area contributed by atoms with Gasteiger partial charge in [-0.2, -0.15) is 13.2 Å². The van der Waals surface area contributed by atoms with Crippen molar-refractivity contribution in [3.05, 3.63) is 75.8 Å². The summed E-state index contributed by atoms with van der Waals surface area (Å²) in [5.74, 6) is -0.384. The van der Waals surface area contributed by atoms with Gasteiger partial charge in [0, 0.05) is 18.2 Å². The van der Waals surface area contributed by atoms with Crippen LogP contribution in [-0.2, 0) is 24.1 Å². The maximum absolute atomic E-state index is 12.9. The van der Waals surface area contributed by atoms with Gasteiger partial charge in [-0.15, -0.1) is 0 Å². The molecule has 27 heavy (non-hydrogen) atoms. The fraction of sp³-hybridized carbons (Fsp3) is 0.250. The first-order chi connectivity index (χ1) is 12.7. The van der Waals surface area contributed by atoms with E-state index >= 15 is 0 Å². The van der Waals surface area contributed by atoms with E-state index in [0.29, 0.717) is 6.54 Å². The van der Waals surface area contributed by atoms with Crippen LogP contribution < -0.4 is 10.2 Å². The molecule has 144 valence electrons. The molecule has 0 aliphatic carbocycles. The summed E-state index contributed by atoms with van der Waals surface area (Å²) < 4.78 is 38.6. The van der Waals surface area contributed by atoms with Gasteiger partial charge in [0.2, 0.25) is 5.91 Å². The molecule has 0 aliphatic rings. The molecule has 2 aromatic carbocycles. The lowest BCUT2D eigenvalue weighted by molar-refractivity contribution is -0.872. The average Bonchev–Trinajstić information content (AvgIpc) is 2.58. The Bertz CT molecular complexity index is 832. The van der Waals surface area contributed by atoms with Crippen LogP contribution in [-0.4, -0.2) is 20.0 Å². The summed E-state index contributed by atoms with van der Waals surface area (Å²) in [5.41, 5.74) is 1.46. The summed E-state index contributed by atoms with van der Waals surface area (Å²) in [6.45, 7) is 1.17. The van der Waals surface area contributed by atoms with Gasteiger partial charge in [-0.25, -0.2) is 0 Å². The van der Waals surface area contributed by atoms with Crippen molar-refractivity contribution < 1.29 is 22.9 Å². The largest absolute Gasteiger partial charge is 0.417 e. The van der Waals surface area contributed by atoms with Crippen LogP contribution in [0, 0.1) is 0 Å². The van der Waals surface area contributed by atoms with Crippen LogP contribution in [0.25, 0.3) is 6.08 Å². The first-order valence-corrected chi connectivity index (χ1v) is 8.73. The third-order valence-corrected chi connectivity index (χ3v) is 4.17. The van der Waals surface area contributed by atoms with Crippen LogP contribution in [0.1, 0.15) is 22.3 Å². The summed E-state index contributed by atoms with van der Waals surface area (Å²) in [7, 11) is 4.08. The second-order valence-corrected chi connectivity index (χ2v) is 6.85. The number of hydrogen-bond acceptors (Lipinski definition) is 1. The zero-order valence-corrected chi connectivity index (χ0v) is 15.8. The van der Waals surface area contributed by atoms with Crippen molar-refractivity contribution in [3.8, 4) is 0 Å². The molecule has 2 rings (SSSR count). The lowest BCUT2D eigenvalue weighted by Crippen LogP contribution is -3.04. The highest BCUT2D eigenvalue weighted by molar-refractivity contribution is 6.31. The van der Waals surface area contributed by atoms with E-state index < -0.39 is 11.7 Å². The van der Waals surface area contributed by atoms with Crippen molar-refractivity contribution in [3.63, 3.8) is 0 Å². The monoisotopic (exact) mass is 397 g/mol. The lowest BCUT2D eigenvalue weighted by Gasteiger charge is -2.12. The number of quaternary nitrogens is 1. The third-order valence-electron chi connectivity index (χ3n) is 3.84. The van der Waals surface area contributed by atoms with Crippen molar-refractivity contribution in [2.45, 2.75) is 19.3 Å². The lowest BCUT2D eigenvalue weighted by atomic mass is 10.1. The molecule has 0 saturated carbocycles. The van der Waals surface area contributed by atoms with Crippen molar-refractivity contribution >= 4 is 23.6 Å². The Balaban J connectivity index is 2.03. The topological polar surface area (TPSA) is 33.5 Å². The third kappa shape index (κ3) is 6.41. The number of hydrogen-bond donors (Lipinski definition) is 2. The first-order valence-electron chi connectivity index (χ1n) is 8.35. The van der Waals surface area contributed by atoms with Crippen molar-refractivity contribution in [1.82, 2.24) is 5.32 Å². The predicted molar refractivity (Wildman–Crippen MR) is 100 cm³/mol. The number of carbonyl (C=O) groups excluding carboxylic acids is 1. The van der Waals surface area contributed by atoms with Crippen molar-refractivity contribution in [1.29, 1.82) is 0 Å². The van der Waals surface area contributed by atoms with Gasteiger partial charge >= 0.3 is 6.18 Å². The summed E-state index contributed by atoms with van der Waals surface area (Å²) in [6.07, 6.45) is -2.00. The molecule has 2 aromatic rings. The standard InChI is InChI=1S/C20H20ClF3N2O/c1-26(2)13-16-6-4-3-5-15(16)12-25-19(27)10-8-14-7-9-18(21)17(11-14)20(22,23)24/h3-11H,12-13H2,1-2H3,(H,25,27)/p+1/b10-8+. The maximum atomic E-state index is 12.9. The van der Waals surface area contributed by atoms with Crippen LogP contribution >= 0.6 is 11.6 Å². The molecule has 0 radical (unpaired) electrons. The molecule has 1 amide bonds. The highest BCUT2D eigenvalue weighted by Crippen LogP contribution is 2.35. The molecule has 0 aliphatic heterocycles. The van der Waals surface area contributed by atoms with Gasteiger partial charge in [-0.1, -0.05) is 41.9 Å². The van der Waals surface area contributed by atoms with Gasteiger partial charge in [0.05, 0.1) is 24.7 Å². The van der Waals surface area contributed by atoms with E-state index in [1.807, 2.05) is 38.4 Å². The number of halogens is 4. The van der Waals surface area contributed by atoms with Crippen LogP contribution in [0.15, 0.2) is 48.5 Å². The number of rotatable bonds is 6. The van der Waals surface area contributed by atoms with Gasteiger partial charge in [-0.3, -0.25) is 4.79 Å². The number of nitrogens with one attached hydrogen (secondary N) is 2. The smallest absolute Gasteiger partial charge is 0.348 e. The molecular weight excluding hydrogens is 377 g/mol. The van der Waals surface area contributed by atoms with Gasteiger partial charge in [0.15, 0.2) is 0 Å². The molecule has 0 spiro atoms. The minimum Gasteiger partial charge on any atom is -0.348 e. The molecule has 3 nitrogen and oxygen atoms in total. The van der Waals surface area contributed by atoms with Gasteiger partial charge in [-0.05, 0) is 29.3 Å². The molecule has 2 N–H and O–H groups in total. The fourth-order valence-corrected chi connectivity index (χ4v) is 2.78. The molecule has 0 heterocycles. The highest BCUT2D eigenvalue weighted by atomic mass is 35.5. The Morgan fingerprint density at radius 2 is 1.81 bits per heavy atom. The minimum atomic E-state index is -4.54. The van der Waals surface area contributed by atoms with E-state index in [4.69, 9.17) is 11.6 Å². The summed E-state index contributed by atoms with van der Waals surface area (Å²) in [5, 5.41) is 2.38. The highest BCUT2D eigenvalue weighted by Gasteiger charge is 2.33. The molecule has 0 bridgehead atoms. The summed E-state index contributed by atoms with van der Waals surface area (Å²) >= 11 is 5.59. The van der Waals surface area contributed by atoms with Gasteiger partial charge in [0.1, 0.15) is 6.54 Å². The van der Waals surface area contributed by atoms with Crippen LogP contribution in [0.2, 0.25) is 5.02 Å². The van der Waals surface area contributed by atoms with E-state index in [1.165, 1.54) is 29.2 Å². The average molecular weight is 398 g/mol. The molecule has 0 unspecified atom stereocenters. The zero-order valence-electron chi connectivity index (χ0n) is 15.0. The Kier molecular flexibility index (Phi) is 7.05. The number of carbonyl (C=O) groups is 1. The quantitative estimate of drug-likeness (QED) is 0.720. The van der Waals surface area contributed by atoms with E-state index in [0.717, 1.165) is 23.7 Å². The number of amides is 1. The molecular formula is C20H21ClF3N2O+.